The van der Waals surface area contributed by atoms with E-state index in [4.69, 9.17) is 0 Å². The van der Waals surface area contributed by atoms with Gasteiger partial charge in [-0.3, -0.25) is 0 Å². The molecule has 1 aromatic heterocycles. The minimum absolute atomic E-state index is 0.0672. The summed E-state index contributed by atoms with van der Waals surface area (Å²) in [5, 5.41) is 12.9. The van der Waals surface area contributed by atoms with E-state index in [1.807, 2.05) is 11.6 Å². The molecule has 78 valence electrons. The van der Waals surface area contributed by atoms with Crippen molar-refractivity contribution in [1.82, 2.24) is 4.98 Å². The first-order valence-corrected chi connectivity index (χ1v) is 6.29. The molecule has 0 bridgehead atoms. The standard InChI is InChI=1S/C11H17NOS/c13-10-4-2-1-3-9(7-10)8-11-12-5-6-14-11/h5-6,9-10,13H,1-4,7-8H2. The highest BCUT2D eigenvalue weighted by Crippen LogP contribution is 2.26. The third-order valence-electron chi connectivity index (χ3n) is 2.95. The van der Waals surface area contributed by atoms with Gasteiger partial charge in [-0.15, -0.1) is 11.3 Å². The Kier molecular flexibility index (Phi) is 3.54. The summed E-state index contributed by atoms with van der Waals surface area (Å²) in [5.74, 6) is 0.652. The summed E-state index contributed by atoms with van der Waals surface area (Å²) in [5.41, 5.74) is 0. The Morgan fingerprint density at radius 3 is 3.07 bits per heavy atom. The van der Waals surface area contributed by atoms with Crippen LogP contribution in [-0.4, -0.2) is 16.2 Å². The second kappa shape index (κ2) is 4.89. The summed E-state index contributed by atoms with van der Waals surface area (Å²) in [6.45, 7) is 0. The lowest BCUT2D eigenvalue weighted by molar-refractivity contribution is 0.141. The van der Waals surface area contributed by atoms with Gasteiger partial charge < -0.3 is 5.11 Å². The van der Waals surface area contributed by atoms with Crippen LogP contribution < -0.4 is 0 Å². The molecule has 1 heterocycles. The number of rotatable bonds is 2. The van der Waals surface area contributed by atoms with E-state index in [-0.39, 0.29) is 6.10 Å². The predicted octanol–water partition coefficient (Wildman–Crippen LogP) is 2.63. The van der Waals surface area contributed by atoms with Crippen molar-refractivity contribution in [2.75, 3.05) is 0 Å². The fourth-order valence-corrected chi connectivity index (χ4v) is 2.95. The summed E-state index contributed by atoms with van der Waals surface area (Å²) in [6, 6.07) is 0. The van der Waals surface area contributed by atoms with Crippen LogP contribution in [0.5, 0.6) is 0 Å². The first kappa shape index (κ1) is 10.1. The smallest absolute Gasteiger partial charge is 0.0927 e. The lowest BCUT2D eigenvalue weighted by Crippen LogP contribution is -2.12. The summed E-state index contributed by atoms with van der Waals surface area (Å²) in [4.78, 5) is 4.30. The van der Waals surface area contributed by atoms with Gasteiger partial charge in [0.1, 0.15) is 0 Å². The maximum atomic E-state index is 9.67. The number of thiazole rings is 1. The molecule has 0 saturated heterocycles. The minimum atomic E-state index is -0.0672. The molecule has 1 saturated carbocycles. The van der Waals surface area contributed by atoms with Crippen LogP contribution in [0.4, 0.5) is 0 Å². The SMILES string of the molecule is OC1CCCCC(Cc2nccs2)C1. The molecular weight excluding hydrogens is 194 g/mol. The van der Waals surface area contributed by atoms with E-state index >= 15 is 0 Å². The zero-order chi connectivity index (χ0) is 9.80. The van der Waals surface area contributed by atoms with Gasteiger partial charge in [-0.1, -0.05) is 12.8 Å². The Morgan fingerprint density at radius 2 is 2.29 bits per heavy atom. The van der Waals surface area contributed by atoms with E-state index in [2.05, 4.69) is 4.98 Å². The topological polar surface area (TPSA) is 33.1 Å². The van der Waals surface area contributed by atoms with Crippen molar-refractivity contribution >= 4 is 11.3 Å². The van der Waals surface area contributed by atoms with Crippen LogP contribution in [0.1, 0.15) is 37.1 Å². The van der Waals surface area contributed by atoms with Gasteiger partial charge in [0.15, 0.2) is 0 Å². The first-order valence-electron chi connectivity index (χ1n) is 5.41. The Morgan fingerprint density at radius 1 is 1.43 bits per heavy atom. The molecular formula is C11H17NOS. The highest BCUT2D eigenvalue weighted by atomic mass is 32.1. The van der Waals surface area contributed by atoms with Crippen molar-refractivity contribution < 1.29 is 5.11 Å². The fourth-order valence-electron chi connectivity index (χ4n) is 2.22. The number of aromatic nitrogens is 1. The average Bonchev–Trinajstić information content (AvgIpc) is 2.56. The van der Waals surface area contributed by atoms with Crippen LogP contribution >= 0.6 is 11.3 Å². The van der Waals surface area contributed by atoms with Crippen LogP contribution in [0.2, 0.25) is 0 Å². The Labute approximate surface area is 89.0 Å². The number of aliphatic hydroxyl groups excluding tert-OH is 1. The van der Waals surface area contributed by atoms with Crippen molar-refractivity contribution in [1.29, 1.82) is 0 Å². The van der Waals surface area contributed by atoms with E-state index in [1.54, 1.807) is 11.3 Å². The number of hydrogen-bond donors (Lipinski definition) is 1. The normalized spacial score (nSPS) is 28.6. The molecule has 1 N–H and O–H groups in total. The zero-order valence-corrected chi connectivity index (χ0v) is 9.17. The highest BCUT2D eigenvalue weighted by molar-refractivity contribution is 7.09. The van der Waals surface area contributed by atoms with Crippen LogP contribution in [0.3, 0.4) is 0 Å². The second-order valence-corrected chi connectivity index (χ2v) is 5.15. The number of hydrogen-bond acceptors (Lipinski definition) is 3. The van der Waals surface area contributed by atoms with Gasteiger partial charge >= 0.3 is 0 Å². The van der Waals surface area contributed by atoms with Crippen LogP contribution in [0, 0.1) is 5.92 Å². The molecule has 0 radical (unpaired) electrons. The monoisotopic (exact) mass is 211 g/mol. The summed E-state index contributed by atoms with van der Waals surface area (Å²) in [7, 11) is 0. The maximum Gasteiger partial charge on any atom is 0.0927 e. The molecule has 2 rings (SSSR count). The number of aliphatic hydroxyl groups is 1. The van der Waals surface area contributed by atoms with Crippen LogP contribution in [0.25, 0.3) is 0 Å². The summed E-state index contributed by atoms with van der Waals surface area (Å²) in [6.07, 6.45) is 8.55. The second-order valence-electron chi connectivity index (χ2n) is 4.17. The molecule has 2 nitrogen and oxygen atoms in total. The van der Waals surface area contributed by atoms with E-state index in [9.17, 15) is 5.11 Å². The van der Waals surface area contributed by atoms with E-state index in [1.165, 1.54) is 24.3 Å². The average molecular weight is 211 g/mol. The van der Waals surface area contributed by atoms with Crippen molar-refractivity contribution in [2.24, 2.45) is 5.92 Å². The molecule has 2 atom stereocenters. The first-order chi connectivity index (χ1) is 6.84. The molecule has 14 heavy (non-hydrogen) atoms. The van der Waals surface area contributed by atoms with E-state index in [0.717, 1.165) is 19.3 Å². The van der Waals surface area contributed by atoms with Gasteiger partial charge in [0, 0.05) is 18.0 Å². The summed E-state index contributed by atoms with van der Waals surface area (Å²) >= 11 is 1.73. The Hall–Kier alpha value is -0.410. The van der Waals surface area contributed by atoms with Gasteiger partial charge in [-0.25, -0.2) is 4.98 Å². The third kappa shape index (κ3) is 2.79. The van der Waals surface area contributed by atoms with Gasteiger partial charge in [0.25, 0.3) is 0 Å². The Bertz CT molecular complexity index is 260. The fraction of sp³-hybridized carbons (Fsp3) is 0.727. The largest absolute Gasteiger partial charge is 0.393 e. The highest BCUT2D eigenvalue weighted by Gasteiger charge is 2.19. The summed E-state index contributed by atoms with van der Waals surface area (Å²) < 4.78 is 0. The lowest BCUT2D eigenvalue weighted by Gasteiger charge is -2.14. The zero-order valence-electron chi connectivity index (χ0n) is 8.35. The third-order valence-corrected chi connectivity index (χ3v) is 3.75. The molecule has 1 aromatic rings. The minimum Gasteiger partial charge on any atom is -0.393 e. The van der Waals surface area contributed by atoms with Gasteiger partial charge in [0.05, 0.1) is 11.1 Å². The molecule has 0 aliphatic heterocycles. The van der Waals surface area contributed by atoms with Crippen molar-refractivity contribution in [3.8, 4) is 0 Å². The predicted molar refractivity (Wildman–Crippen MR) is 58.4 cm³/mol. The molecule has 3 heteroatoms. The van der Waals surface area contributed by atoms with Crippen molar-refractivity contribution in [3.05, 3.63) is 16.6 Å². The van der Waals surface area contributed by atoms with E-state index < -0.39 is 0 Å². The molecule has 1 aliphatic carbocycles. The molecule has 1 aliphatic rings. The van der Waals surface area contributed by atoms with Crippen molar-refractivity contribution in [2.45, 2.75) is 44.6 Å². The molecule has 0 amide bonds. The van der Waals surface area contributed by atoms with Crippen molar-refractivity contribution in [3.63, 3.8) is 0 Å². The maximum absolute atomic E-state index is 9.67. The lowest BCUT2D eigenvalue weighted by atomic mass is 9.96. The van der Waals surface area contributed by atoms with Gasteiger partial charge in [-0.05, 0) is 25.2 Å². The van der Waals surface area contributed by atoms with Gasteiger partial charge in [0.2, 0.25) is 0 Å². The molecule has 2 unspecified atom stereocenters. The number of nitrogens with zero attached hydrogens (tertiary/aromatic N) is 1. The van der Waals surface area contributed by atoms with Gasteiger partial charge in [-0.2, -0.15) is 0 Å². The molecule has 0 aromatic carbocycles. The molecule has 1 fully saturated rings. The van der Waals surface area contributed by atoms with E-state index in [0.29, 0.717) is 5.92 Å². The van der Waals surface area contributed by atoms with Crippen LogP contribution in [0.15, 0.2) is 11.6 Å². The quantitative estimate of drug-likeness (QED) is 0.763. The molecule has 0 spiro atoms. The Balaban J connectivity index is 1.90. The van der Waals surface area contributed by atoms with Crippen LogP contribution in [-0.2, 0) is 6.42 Å².